The molecule has 2 aliphatic rings. The molecule has 0 aromatic rings. The number of allylic oxidation sites excluding steroid dienone is 5. The van der Waals surface area contributed by atoms with Crippen molar-refractivity contribution in [2.75, 3.05) is 0 Å². The fraction of sp³-hybridized carbons (Fsp3) is 0.333. The molecule has 0 aromatic heterocycles. The molecular formula is C12H14N. The Morgan fingerprint density at radius 1 is 1.15 bits per heavy atom. The zero-order valence-corrected chi connectivity index (χ0v) is 8.39. The first-order valence-electron chi connectivity index (χ1n) is 4.66. The Morgan fingerprint density at radius 3 is 2.69 bits per heavy atom. The highest BCUT2D eigenvalue weighted by Crippen LogP contribution is 2.36. The van der Waals surface area contributed by atoms with Gasteiger partial charge in [-0.3, -0.25) is 4.99 Å². The van der Waals surface area contributed by atoms with Crippen LogP contribution in [0.2, 0.25) is 0 Å². The van der Waals surface area contributed by atoms with E-state index in [9.17, 15) is 0 Å². The monoisotopic (exact) mass is 172 g/mol. The number of rotatable bonds is 0. The van der Waals surface area contributed by atoms with Gasteiger partial charge in [0.15, 0.2) is 0 Å². The smallest absolute Gasteiger partial charge is 0.0525 e. The van der Waals surface area contributed by atoms with E-state index < -0.39 is 0 Å². The molecule has 1 aliphatic heterocycles. The van der Waals surface area contributed by atoms with Crippen LogP contribution in [-0.4, -0.2) is 5.71 Å². The molecule has 1 heterocycles. The summed E-state index contributed by atoms with van der Waals surface area (Å²) in [7, 11) is 0. The van der Waals surface area contributed by atoms with E-state index in [4.69, 9.17) is 0 Å². The summed E-state index contributed by atoms with van der Waals surface area (Å²) in [5.41, 5.74) is 5.05. The third kappa shape index (κ3) is 1.28. The van der Waals surface area contributed by atoms with Gasteiger partial charge in [0.1, 0.15) is 0 Å². The van der Waals surface area contributed by atoms with E-state index in [0.29, 0.717) is 0 Å². The summed E-state index contributed by atoms with van der Waals surface area (Å²) in [5.74, 6) is 1.39. The largest absolute Gasteiger partial charge is 0.257 e. The highest BCUT2D eigenvalue weighted by atomic mass is 14.8. The van der Waals surface area contributed by atoms with Gasteiger partial charge in [0.25, 0.3) is 0 Å². The standard InChI is InChI=1S/C12H14N/c1-8-9(2)11-6-4-5-7-12(11)13-10(8)3/h4-5,7H,6H2,1-3H3. The minimum absolute atomic E-state index is 1.03. The summed E-state index contributed by atoms with van der Waals surface area (Å²) in [6, 6.07) is 0. The number of hydrogen-bond acceptors (Lipinski definition) is 1. The van der Waals surface area contributed by atoms with Gasteiger partial charge >= 0.3 is 0 Å². The van der Waals surface area contributed by atoms with Crippen molar-refractivity contribution in [3.05, 3.63) is 41.0 Å². The maximum Gasteiger partial charge on any atom is 0.0525 e. The van der Waals surface area contributed by atoms with Crippen LogP contribution in [0, 0.1) is 5.92 Å². The number of nitrogens with zero attached hydrogens (tertiary/aromatic N) is 1. The van der Waals surface area contributed by atoms with Gasteiger partial charge in [0, 0.05) is 5.71 Å². The van der Waals surface area contributed by atoms with Crippen molar-refractivity contribution in [2.45, 2.75) is 27.2 Å². The molecule has 1 aliphatic carbocycles. The van der Waals surface area contributed by atoms with Crippen molar-refractivity contribution in [1.29, 1.82) is 0 Å². The van der Waals surface area contributed by atoms with Crippen molar-refractivity contribution in [1.82, 2.24) is 0 Å². The Labute approximate surface area is 79.6 Å². The SMILES string of the molecule is CC1=NC2=CC=CC[C]2C(C)=C1C. The molecule has 0 aromatic carbocycles. The lowest BCUT2D eigenvalue weighted by molar-refractivity contribution is 0.961. The van der Waals surface area contributed by atoms with Crippen LogP contribution in [0.25, 0.3) is 0 Å². The predicted molar refractivity (Wildman–Crippen MR) is 56.6 cm³/mol. The molecule has 1 nitrogen and oxygen atoms in total. The molecule has 0 N–H and O–H groups in total. The Morgan fingerprint density at radius 2 is 1.92 bits per heavy atom. The van der Waals surface area contributed by atoms with Crippen molar-refractivity contribution in [3.63, 3.8) is 0 Å². The van der Waals surface area contributed by atoms with E-state index in [1.54, 1.807) is 0 Å². The Bertz CT molecular complexity index is 351. The van der Waals surface area contributed by atoms with Gasteiger partial charge in [-0.2, -0.15) is 0 Å². The van der Waals surface area contributed by atoms with Crippen LogP contribution < -0.4 is 0 Å². The molecule has 0 atom stereocenters. The molecule has 2 rings (SSSR count). The predicted octanol–water partition coefficient (Wildman–Crippen LogP) is 3.22. The summed E-state index contributed by atoms with van der Waals surface area (Å²) < 4.78 is 0. The Hall–Kier alpha value is -1.11. The molecular weight excluding hydrogens is 158 g/mol. The second-order valence-corrected chi connectivity index (χ2v) is 3.61. The van der Waals surface area contributed by atoms with Crippen LogP contribution in [0.1, 0.15) is 27.2 Å². The number of fused-ring (bicyclic) bond motifs is 1. The minimum Gasteiger partial charge on any atom is -0.257 e. The topological polar surface area (TPSA) is 12.4 Å². The molecule has 1 radical (unpaired) electrons. The summed E-state index contributed by atoms with van der Waals surface area (Å²) >= 11 is 0. The number of aliphatic imine (C=N–C) groups is 1. The Kier molecular flexibility index (Phi) is 1.95. The molecule has 0 saturated heterocycles. The maximum absolute atomic E-state index is 4.57. The van der Waals surface area contributed by atoms with Crippen LogP contribution in [0.15, 0.2) is 40.1 Å². The third-order valence-electron chi connectivity index (χ3n) is 2.87. The van der Waals surface area contributed by atoms with E-state index in [2.05, 4.69) is 44.0 Å². The van der Waals surface area contributed by atoms with Crippen molar-refractivity contribution >= 4 is 5.71 Å². The third-order valence-corrected chi connectivity index (χ3v) is 2.87. The van der Waals surface area contributed by atoms with Gasteiger partial charge in [-0.15, -0.1) is 0 Å². The average Bonchev–Trinajstić information content (AvgIpc) is 2.15. The molecule has 0 spiro atoms. The molecule has 0 unspecified atom stereocenters. The number of hydrogen-bond donors (Lipinski definition) is 0. The highest BCUT2D eigenvalue weighted by Gasteiger charge is 2.23. The zero-order valence-electron chi connectivity index (χ0n) is 8.39. The molecule has 67 valence electrons. The second-order valence-electron chi connectivity index (χ2n) is 3.61. The quantitative estimate of drug-likeness (QED) is 0.532. The van der Waals surface area contributed by atoms with E-state index in [1.807, 2.05) is 0 Å². The van der Waals surface area contributed by atoms with E-state index in [-0.39, 0.29) is 0 Å². The fourth-order valence-electron chi connectivity index (χ4n) is 1.76. The summed E-state index contributed by atoms with van der Waals surface area (Å²) in [6.45, 7) is 6.42. The molecule has 1 heteroatoms. The van der Waals surface area contributed by atoms with Gasteiger partial charge in [-0.1, -0.05) is 17.7 Å². The molecule has 0 saturated carbocycles. The fourth-order valence-corrected chi connectivity index (χ4v) is 1.76. The Balaban J connectivity index is 2.48. The highest BCUT2D eigenvalue weighted by molar-refractivity contribution is 6.01. The second kappa shape index (κ2) is 2.99. The van der Waals surface area contributed by atoms with E-state index in [0.717, 1.165) is 17.8 Å². The van der Waals surface area contributed by atoms with Gasteiger partial charge in [0.05, 0.1) is 11.6 Å². The molecule has 0 amide bonds. The first-order valence-corrected chi connectivity index (χ1v) is 4.66. The summed E-state index contributed by atoms with van der Waals surface area (Å²) in [5, 5.41) is 0. The van der Waals surface area contributed by atoms with Gasteiger partial charge in [-0.05, 0) is 38.8 Å². The normalized spacial score (nSPS) is 22.7. The minimum atomic E-state index is 1.03. The number of dihydropyridines is 1. The maximum atomic E-state index is 4.57. The first kappa shape index (κ1) is 8.49. The van der Waals surface area contributed by atoms with Gasteiger partial charge in [0.2, 0.25) is 0 Å². The summed E-state index contributed by atoms with van der Waals surface area (Å²) in [4.78, 5) is 4.57. The van der Waals surface area contributed by atoms with Crippen molar-refractivity contribution < 1.29 is 0 Å². The van der Waals surface area contributed by atoms with Gasteiger partial charge in [-0.25, -0.2) is 0 Å². The van der Waals surface area contributed by atoms with Crippen LogP contribution >= 0.6 is 0 Å². The van der Waals surface area contributed by atoms with Crippen LogP contribution in [0.4, 0.5) is 0 Å². The lowest BCUT2D eigenvalue weighted by Gasteiger charge is -2.25. The average molecular weight is 172 g/mol. The van der Waals surface area contributed by atoms with Gasteiger partial charge < -0.3 is 0 Å². The van der Waals surface area contributed by atoms with E-state index >= 15 is 0 Å². The zero-order chi connectivity index (χ0) is 9.42. The lowest BCUT2D eigenvalue weighted by Crippen LogP contribution is -2.14. The van der Waals surface area contributed by atoms with Crippen LogP contribution in [-0.2, 0) is 0 Å². The van der Waals surface area contributed by atoms with Crippen LogP contribution in [0.5, 0.6) is 0 Å². The molecule has 0 bridgehead atoms. The summed E-state index contributed by atoms with van der Waals surface area (Å²) in [6.07, 6.45) is 7.40. The van der Waals surface area contributed by atoms with Crippen LogP contribution in [0.3, 0.4) is 0 Å². The lowest BCUT2D eigenvalue weighted by atomic mass is 9.84. The van der Waals surface area contributed by atoms with Crippen molar-refractivity contribution in [3.8, 4) is 0 Å². The molecule has 13 heavy (non-hydrogen) atoms. The van der Waals surface area contributed by atoms with Crippen molar-refractivity contribution in [2.24, 2.45) is 4.99 Å². The molecule has 0 fully saturated rings. The van der Waals surface area contributed by atoms with E-state index in [1.165, 1.54) is 17.1 Å². The first-order chi connectivity index (χ1) is 6.20.